The molecule has 4 fully saturated rings. The van der Waals surface area contributed by atoms with Gasteiger partial charge in [0, 0.05) is 12.0 Å². The molecule has 4 aliphatic carbocycles. The van der Waals surface area contributed by atoms with Crippen molar-refractivity contribution >= 4 is 11.9 Å². The van der Waals surface area contributed by atoms with E-state index < -0.39 is 11.9 Å². The molecule has 0 heterocycles. The summed E-state index contributed by atoms with van der Waals surface area (Å²) >= 11 is 0. The average molecular weight is 306 g/mol. The zero-order chi connectivity index (χ0) is 16.2. The zero-order valence-corrected chi connectivity index (χ0v) is 13.8. The first-order chi connectivity index (χ1) is 10.2. The minimum atomic E-state index is -0.588. The lowest BCUT2D eigenvalue weighted by atomic mass is 9.40. The van der Waals surface area contributed by atoms with Crippen molar-refractivity contribution in [2.75, 3.05) is 6.61 Å². The largest absolute Gasteiger partial charge is 0.456 e. The predicted octanol–water partition coefficient (Wildman–Crippen LogP) is 3.25. The number of hydrogen-bond acceptors (Lipinski definition) is 4. The number of hydrogen-bond donors (Lipinski definition) is 0. The first kappa shape index (κ1) is 15.6. The summed E-state index contributed by atoms with van der Waals surface area (Å²) < 4.78 is 10.8. The Morgan fingerprint density at radius 3 is 2.59 bits per heavy atom. The molecule has 4 aliphatic rings. The van der Waals surface area contributed by atoms with Crippen molar-refractivity contribution in [3.63, 3.8) is 0 Å². The number of esters is 2. The molecule has 0 aromatic carbocycles. The highest BCUT2D eigenvalue weighted by Crippen LogP contribution is 2.69. The van der Waals surface area contributed by atoms with Crippen molar-refractivity contribution in [1.29, 1.82) is 0 Å². The van der Waals surface area contributed by atoms with Crippen molar-refractivity contribution in [3.8, 4) is 0 Å². The average Bonchev–Trinajstić information content (AvgIpc) is 2.40. The molecule has 4 heteroatoms. The summed E-state index contributed by atoms with van der Waals surface area (Å²) in [5.41, 5.74) is 0.160. The second-order valence-electron chi connectivity index (χ2n) is 8.37. The van der Waals surface area contributed by atoms with E-state index in [4.69, 9.17) is 9.47 Å². The van der Waals surface area contributed by atoms with Crippen LogP contribution < -0.4 is 0 Å². The van der Waals surface area contributed by atoms with Gasteiger partial charge < -0.3 is 9.47 Å². The van der Waals surface area contributed by atoms with E-state index in [1.54, 1.807) is 0 Å². The van der Waals surface area contributed by atoms with Crippen LogP contribution in [0.5, 0.6) is 0 Å². The first-order valence-corrected chi connectivity index (χ1v) is 8.21. The van der Waals surface area contributed by atoms with E-state index in [0.29, 0.717) is 11.8 Å². The fourth-order valence-electron chi connectivity index (χ4n) is 6.02. The van der Waals surface area contributed by atoms with Crippen LogP contribution in [0, 0.1) is 22.7 Å². The van der Waals surface area contributed by atoms with Gasteiger partial charge in [-0.1, -0.05) is 27.4 Å². The van der Waals surface area contributed by atoms with E-state index in [9.17, 15) is 9.59 Å². The van der Waals surface area contributed by atoms with Crippen LogP contribution in [0.3, 0.4) is 0 Å². The molecule has 5 unspecified atom stereocenters. The van der Waals surface area contributed by atoms with Crippen molar-refractivity contribution in [2.24, 2.45) is 22.7 Å². The van der Waals surface area contributed by atoms with Crippen LogP contribution >= 0.6 is 0 Å². The molecule has 4 rings (SSSR count). The number of carbonyl (C=O) groups excluding carboxylic acids is 2. The van der Waals surface area contributed by atoms with Gasteiger partial charge in [0.15, 0.2) is 6.61 Å². The third-order valence-corrected chi connectivity index (χ3v) is 6.38. The summed E-state index contributed by atoms with van der Waals surface area (Å²) in [7, 11) is 0. The number of ether oxygens (including phenoxy) is 2. The standard InChI is InChI=1S/C18H26O4/c1-5-14(19)21-9-15(20)22-18-8-13-6-16(3,11-18)10-17(4,7-13)12(18)2/h5,12-13H,1,6-11H2,2-4H3. The lowest BCUT2D eigenvalue weighted by Gasteiger charge is -2.67. The van der Waals surface area contributed by atoms with Crippen molar-refractivity contribution in [2.45, 2.75) is 58.5 Å². The van der Waals surface area contributed by atoms with Crippen molar-refractivity contribution in [1.82, 2.24) is 0 Å². The Balaban J connectivity index is 1.76. The second kappa shape index (κ2) is 4.84. The molecule has 0 aliphatic heterocycles. The minimum absolute atomic E-state index is 0.256. The van der Waals surface area contributed by atoms with Gasteiger partial charge in [0.25, 0.3) is 0 Å². The van der Waals surface area contributed by atoms with Gasteiger partial charge in [-0.05, 0) is 48.9 Å². The molecular weight excluding hydrogens is 280 g/mol. The third kappa shape index (κ3) is 2.37. The minimum Gasteiger partial charge on any atom is -0.456 e. The van der Waals surface area contributed by atoms with Gasteiger partial charge in [0.1, 0.15) is 5.60 Å². The predicted molar refractivity (Wildman–Crippen MR) is 81.9 cm³/mol. The monoisotopic (exact) mass is 306 g/mol. The summed E-state index contributed by atoms with van der Waals surface area (Å²) in [6.07, 6.45) is 6.68. The Bertz CT molecular complexity index is 527. The van der Waals surface area contributed by atoms with Crippen LogP contribution in [0.2, 0.25) is 0 Å². The van der Waals surface area contributed by atoms with Crippen LogP contribution in [-0.2, 0) is 19.1 Å². The maximum Gasteiger partial charge on any atom is 0.344 e. The van der Waals surface area contributed by atoms with Crippen molar-refractivity contribution < 1.29 is 19.1 Å². The first-order valence-electron chi connectivity index (χ1n) is 8.21. The van der Waals surface area contributed by atoms with Crippen LogP contribution in [0.15, 0.2) is 12.7 Å². The Morgan fingerprint density at radius 2 is 1.95 bits per heavy atom. The molecule has 0 spiro atoms. The quantitative estimate of drug-likeness (QED) is 0.591. The molecule has 0 saturated heterocycles. The van der Waals surface area contributed by atoms with E-state index in [2.05, 4.69) is 27.4 Å². The molecule has 4 bridgehead atoms. The zero-order valence-electron chi connectivity index (χ0n) is 13.8. The van der Waals surface area contributed by atoms with Crippen LogP contribution in [-0.4, -0.2) is 24.1 Å². The SMILES string of the molecule is C=CC(=O)OCC(=O)OC12CC3CC(C)(CC(C)(C3)C1C)C2. The van der Waals surface area contributed by atoms with Gasteiger partial charge >= 0.3 is 11.9 Å². The van der Waals surface area contributed by atoms with E-state index in [1.807, 2.05) is 0 Å². The molecular formula is C18H26O4. The topological polar surface area (TPSA) is 52.6 Å². The second-order valence-corrected chi connectivity index (χ2v) is 8.37. The molecule has 0 aromatic rings. The van der Waals surface area contributed by atoms with Gasteiger partial charge in [-0.3, -0.25) is 0 Å². The molecule has 0 amide bonds. The highest BCUT2D eigenvalue weighted by molar-refractivity contribution is 5.83. The van der Waals surface area contributed by atoms with Gasteiger partial charge in [-0.2, -0.15) is 0 Å². The van der Waals surface area contributed by atoms with Crippen molar-refractivity contribution in [3.05, 3.63) is 12.7 Å². The molecule has 4 nitrogen and oxygen atoms in total. The van der Waals surface area contributed by atoms with Gasteiger partial charge in [-0.25, -0.2) is 9.59 Å². The van der Waals surface area contributed by atoms with Gasteiger partial charge in [0.05, 0.1) is 0 Å². The summed E-state index contributed by atoms with van der Waals surface area (Å²) in [4.78, 5) is 23.3. The molecule has 0 radical (unpaired) electrons. The van der Waals surface area contributed by atoms with Crippen LogP contribution in [0.1, 0.15) is 52.9 Å². The van der Waals surface area contributed by atoms with Gasteiger partial charge in [0.2, 0.25) is 0 Å². The highest BCUT2D eigenvalue weighted by Gasteiger charge is 2.65. The Hall–Kier alpha value is -1.32. The maximum absolute atomic E-state index is 12.2. The molecule has 122 valence electrons. The fourth-order valence-corrected chi connectivity index (χ4v) is 6.02. The molecule has 0 aromatic heterocycles. The Morgan fingerprint density at radius 1 is 1.23 bits per heavy atom. The van der Waals surface area contributed by atoms with E-state index in [-0.39, 0.29) is 23.0 Å². The summed E-state index contributed by atoms with van der Waals surface area (Å²) in [5, 5.41) is 0. The van der Waals surface area contributed by atoms with E-state index in [1.165, 1.54) is 19.3 Å². The summed E-state index contributed by atoms with van der Waals surface area (Å²) in [5.74, 6) is -0.0217. The Kier molecular flexibility index (Phi) is 3.42. The summed E-state index contributed by atoms with van der Waals surface area (Å²) in [6, 6.07) is 0. The molecule has 4 saturated carbocycles. The smallest absolute Gasteiger partial charge is 0.344 e. The lowest BCUT2D eigenvalue weighted by molar-refractivity contribution is -0.246. The highest BCUT2D eigenvalue weighted by atomic mass is 16.6. The fraction of sp³-hybridized carbons (Fsp3) is 0.778. The molecule has 0 N–H and O–H groups in total. The van der Waals surface area contributed by atoms with Crippen LogP contribution in [0.4, 0.5) is 0 Å². The lowest BCUT2D eigenvalue weighted by Crippen LogP contribution is -2.65. The van der Waals surface area contributed by atoms with Crippen LogP contribution in [0.25, 0.3) is 0 Å². The van der Waals surface area contributed by atoms with E-state index in [0.717, 1.165) is 18.9 Å². The summed E-state index contributed by atoms with van der Waals surface area (Å²) in [6.45, 7) is 9.91. The number of rotatable bonds is 4. The third-order valence-electron chi connectivity index (χ3n) is 6.38. The number of carbonyl (C=O) groups is 2. The molecule has 5 atom stereocenters. The molecule has 22 heavy (non-hydrogen) atoms. The Labute approximate surface area is 132 Å². The van der Waals surface area contributed by atoms with Gasteiger partial charge in [-0.15, -0.1) is 0 Å². The normalized spacial score (nSPS) is 45.4. The maximum atomic E-state index is 12.2. The van der Waals surface area contributed by atoms with E-state index >= 15 is 0 Å².